The molecule has 0 saturated heterocycles. The van der Waals surface area contributed by atoms with Crippen LogP contribution in [0.15, 0.2) is 47.8 Å². The average Bonchev–Trinajstić information content (AvgIpc) is 3.06. The SMILES string of the molecule is COc1ccc(C)cc1NC(=O)c1ccccc1OCc1csc(C)n1. The van der Waals surface area contributed by atoms with E-state index in [0.29, 0.717) is 29.4 Å². The summed E-state index contributed by atoms with van der Waals surface area (Å²) in [5.74, 6) is 0.876. The van der Waals surface area contributed by atoms with Gasteiger partial charge in [0.05, 0.1) is 29.1 Å². The molecule has 0 radical (unpaired) electrons. The summed E-state index contributed by atoms with van der Waals surface area (Å²) in [5, 5.41) is 5.84. The Hall–Kier alpha value is -2.86. The molecular weight excluding hydrogens is 348 g/mol. The van der Waals surface area contributed by atoms with Crippen LogP contribution in [0.4, 0.5) is 5.69 Å². The Bertz CT molecular complexity index is 921. The Morgan fingerprint density at radius 2 is 1.96 bits per heavy atom. The standard InChI is InChI=1S/C20H20N2O3S/c1-13-8-9-19(24-3)17(10-13)22-20(23)16-6-4-5-7-18(16)25-11-15-12-26-14(2)21-15/h4-10,12H,11H2,1-3H3,(H,22,23). The summed E-state index contributed by atoms with van der Waals surface area (Å²) in [7, 11) is 1.58. The molecular formula is C20H20N2O3S. The number of ether oxygens (including phenoxy) is 2. The number of aromatic nitrogens is 1. The van der Waals surface area contributed by atoms with Crippen LogP contribution in [-0.4, -0.2) is 18.0 Å². The van der Waals surface area contributed by atoms with Crippen molar-refractivity contribution in [3.63, 3.8) is 0 Å². The number of hydrogen-bond acceptors (Lipinski definition) is 5. The second-order valence-corrected chi connectivity index (χ2v) is 6.86. The zero-order valence-corrected chi connectivity index (χ0v) is 15.7. The van der Waals surface area contributed by atoms with Crippen molar-refractivity contribution in [3.8, 4) is 11.5 Å². The van der Waals surface area contributed by atoms with Gasteiger partial charge in [-0.05, 0) is 43.7 Å². The number of anilines is 1. The smallest absolute Gasteiger partial charge is 0.259 e. The van der Waals surface area contributed by atoms with Gasteiger partial charge in [0, 0.05) is 5.38 Å². The molecule has 5 nitrogen and oxygen atoms in total. The van der Waals surface area contributed by atoms with E-state index in [9.17, 15) is 4.79 Å². The quantitative estimate of drug-likeness (QED) is 0.691. The molecule has 3 aromatic rings. The number of thiazole rings is 1. The van der Waals surface area contributed by atoms with E-state index >= 15 is 0 Å². The van der Waals surface area contributed by atoms with E-state index in [4.69, 9.17) is 9.47 Å². The van der Waals surface area contributed by atoms with Gasteiger partial charge in [0.2, 0.25) is 0 Å². The molecule has 0 saturated carbocycles. The summed E-state index contributed by atoms with van der Waals surface area (Å²) >= 11 is 1.57. The lowest BCUT2D eigenvalue weighted by atomic mass is 10.1. The van der Waals surface area contributed by atoms with Gasteiger partial charge in [-0.2, -0.15) is 0 Å². The van der Waals surface area contributed by atoms with Gasteiger partial charge in [0.1, 0.15) is 18.1 Å². The predicted molar refractivity (Wildman–Crippen MR) is 103 cm³/mol. The third-order valence-corrected chi connectivity index (χ3v) is 4.60. The number of amides is 1. The minimum absolute atomic E-state index is 0.251. The molecule has 3 rings (SSSR count). The first-order valence-corrected chi connectivity index (χ1v) is 9.03. The molecule has 1 N–H and O–H groups in total. The van der Waals surface area contributed by atoms with E-state index in [1.807, 2.05) is 49.6 Å². The van der Waals surface area contributed by atoms with Crippen LogP contribution in [0.3, 0.4) is 0 Å². The zero-order valence-electron chi connectivity index (χ0n) is 14.9. The Morgan fingerprint density at radius 3 is 2.69 bits per heavy atom. The maximum Gasteiger partial charge on any atom is 0.259 e. The third kappa shape index (κ3) is 4.21. The molecule has 26 heavy (non-hydrogen) atoms. The van der Waals surface area contributed by atoms with E-state index in [0.717, 1.165) is 16.3 Å². The highest BCUT2D eigenvalue weighted by molar-refractivity contribution is 7.09. The molecule has 1 heterocycles. The van der Waals surface area contributed by atoms with E-state index in [1.165, 1.54) is 0 Å². The van der Waals surface area contributed by atoms with Gasteiger partial charge in [-0.1, -0.05) is 18.2 Å². The van der Waals surface area contributed by atoms with Gasteiger partial charge in [-0.25, -0.2) is 4.98 Å². The van der Waals surface area contributed by atoms with Crippen LogP contribution in [0, 0.1) is 13.8 Å². The van der Waals surface area contributed by atoms with Gasteiger partial charge in [0.15, 0.2) is 0 Å². The fraction of sp³-hybridized carbons (Fsp3) is 0.200. The number of benzene rings is 2. The molecule has 0 aliphatic rings. The Morgan fingerprint density at radius 1 is 1.15 bits per heavy atom. The fourth-order valence-corrected chi connectivity index (χ4v) is 3.11. The molecule has 0 aliphatic heterocycles. The van der Waals surface area contributed by atoms with Crippen molar-refractivity contribution in [3.05, 3.63) is 69.7 Å². The van der Waals surface area contributed by atoms with Crippen LogP contribution in [0.25, 0.3) is 0 Å². The van der Waals surface area contributed by atoms with Crippen LogP contribution in [0.1, 0.15) is 26.6 Å². The average molecular weight is 368 g/mol. The Kier molecular flexibility index (Phi) is 5.53. The van der Waals surface area contributed by atoms with Crippen LogP contribution in [-0.2, 0) is 6.61 Å². The van der Waals surface area contributed by atoms with Gasteiger partial charge in [-0.3, -0.25) is 4.79 Å². The van der Waals surface area contributed by atoms with Crippen LogP contribution in [0.2, 0.25) is 0 Å². The molecule has 0 atom stereocenters. The van der Waals surface area contributed by atoms with E-state index in [-0.39, 0.29) is 5.91 Å². The first-order chi connectivity index (χ1) is 12.6. The normalized spacial score (nSPS) is 10.4. The lowest BCUT2D eigenvalue weighted by molar-refractivity contribution is 0.102. The summed E-state index contributed by atoms with van der Waals surface area (Å²) in [5.41, 5.74) is 2.97. The summed E-state index contributed by atoms with van der Waals surface area (Å²) < 4.78 is 11.1. The maximum atomic E-state index is 12.8. The first-order valence-electron chi connectivity index (χ1n) is 8.15. The fourth-order valence-electron chi connectivity index (χ4n) is 2.52. The predicted octanol–water partition coefficient (Wildman–Crippen LogP) is 4.60. The van der Waals surface area contributed by atoms with Crippen molar-refractivity contribution < 1.29 is 14.3 Å². The summed E-state index contributed by atoms with van der Waals surface area (Å²) in [6.45, 7) is 4.23. The number of rotatable bonds is 6. The summed E-state index contributed by atoms with van der Waals surface area (Å²) in [6.07, 6.45) is 0. The molecule has 0 aliphatic carbocycles. The molecule has 2 aromatic carbocycles. The van der Waals surface area contributed by atoms with Gasteiger partial charge < -0.3 is 14.8 Å². The zero-order chi connectivity index (χ0) is 18.5. The highest BCUT2D eigenvalue weighted by Gasteiger charge is 2.15. The minimum Gasteiger partial charge on any atom is -0.495 e. The van der Waals surface area contributed by atoms with Crippen molar-refractivity contribution >= 4 is 22.9 Å². The number of nitrogens with one attached hydrogen (secondary N) is 1. The number of hydrogen-bond donors (Lipinski definition) is 1. The van der Waals surface area contributed by atoms with Gasteiger partial charge >= 0.3 is 0 Å². The van der Waals surface area contributed by atoms with Crippen molar-refractivity contribution in [1.82, 2.24) is 4.98 Å². The molecule has 0 bridgehead atoms. The van der Waals surface area contributed by atoms with Crippen molar-refractivity contribution in [2.45, 2.75) is 20.5 Å². The minimum atomic E-state index is -0.251. The number of aryl methyl sites for hydroxylation is 2. The van der Waals surface area contributed by atoms with Gasteiger partial charge in [0.25, 0.3) is 5.91 Å². The number of nitrogens with zero attached hydrogens (tertiary/aromatic N) is 1. The first kappa shape index (κ1) is 17.9. The second-order valence-electron chi connectivity index (χ2n) is 5.80. The lowest BCUT2D eigenvalue weighted by Gasteiger charge is -2.13. The molecule has 1 amide bonds. The van der Waals surface area contributed by atoms with E-state index in [1.54, 1.807) is 30.6 Å². The van der Waals surface area contributed by atoms with Crippen molar-refractivity contribution in [1.29, 1.82) is 0 Å². The second kappa shape index (κ2) is 8.01. The Labute approximate surface area is 156 Å². The summed E-state index contributed by atoms with van der Waals surface area (Å²) in [6, 6.07) is 12.8. The summed E-state index contributed by atoms with van der Waals surface area (Å²) in [4.78, 5) is 17.1. The van der Waals surface area contributed by atoms with Gasteiger partial charge in [-0.15, -0.1) is 11.3 Å². The largest absolute Gasteiger partial charge is 0.495 e. The van der Waals surface area contributed by atoms with Crippen LogP contribution < -0.4 is 14.8 Å². The lowest BCUT2D eigenvalue weighted by Crippen LogP contribution is -2.14. The van der Waals surface area contributed by atoms with E-state index < -0.39 is 0 Å². The third-order valence-electron chi connectivity index (χ3n) is 3.78. The molecule has 6 heteroatoms. The molecule has 0 unspecified atom stereocenters. The maximum absolute atomic E-state index is 12.8. The Balaban J connectivity index is 1.78. The molecule has 0 spiro atoms. The van der Waals surface area contributed by atoms with Crippen molar-refractivity contribution in [2.24, 2.45) is 0 Å². The molecule has 1 aromatic heterocycles. The highest BCUT2D eigenvalue weighted by Crippen LogP contribution is 2.27. The number of para-hydroxylation sites is 1. The highest BCUT2D eigenvalue weighted by atomic mass is 32.1. The monoisotopic (exact) mass is 368 g/mol. The molecule has 0 fully saturated rings. The van der Waals surface area contributed by atoms with E-state index in [2.05, 4.69) is 10.3 Å². The van der Waals surface area contributed by atoms with Crippen molar-refractivity contribution in [2.75, 3.05) is 12.4 Å². The number of carbonyl (C=O) groups is 1. The molecule has 134 valence electrons. The van der Waals surface area contributed by atoms with Crippen LogP contribution >= 0.6 is 11.3 Å². The topological polar surface area (TPSA) is 60.5 Å². The number of carbonyl (C=O) groups excluding carboxylic acids is 1. The number of methoxy groups -OCH3 is 1. The van der Waals surface area contributed by atoms with Crippen LogP contribution in [0.5, 0.6) is 11.5 Å².